The zero-order valence-electron chi connectivity index (χ0n) is 27.4. The van der Waals surface area contributed by atoms with Gasteiger partial charge in [0, 0.05) is 12.6 Å². The minimum Gasteiger partial charge on any atom is -0.497 e. The second-order valence-corrected chi connectivity index (χ2v) is 11.8. The number of methoxy groups -OCH3 is 2. The quantitative estimate of drug-likeness (QED) is 0.191. The topological polar surface area (TPSA) is 143 Å². The van der Waals surface area contributed by atoms with E-state index in [0.29, 0.717) is 11.5 Å². The summed E-state index contributed by atoms with van der Waals surface area (Å²) >= 11 is 0. The number of benzene rings is 4. The molecule has 1 fully saturated rings. The van der Waals surface area contributed by atoms with Gasteiger partial charge in [0.2, 0.25) is 0 Å². The van der Waals surface area contributed by atoms with Crippen LogP contribution >= 0.6 is 0 Å². The number of hydrogen-bond donors (Lipinski definition) is 2. The molecule has 1 aliphatic heterocycles. The van der Waals surface area contributed by atoms with Crippen LogP contribution in [0, 0.1) is 0 Å². The van der Waals surface area contributed by atoms with Crippen molar-refractivity contribution in [3.63, 3.8) is 0 Å². The molecule has 3 heterocycles. The van der Waals surface area contributed by atoms with E-state index in [0.717, 1.165) is 22.4 Å². The van der Waals surface area contributed by atoms with Crippen molar-refractivity contribution in [2.75, 3.05) is 20.8 Å². The molecule has 2 aromatic heterocycles. The first-order valence-electron chi connectivity index (χ1n) is 16.1. The fraction of sp³-hybridized carbons (Fsp3) is 0.211. The molecule has 6 aromatic rings. The maximum atomic E-state index is 13.1. The van der Waals surface area contributed by atoms with Crippen LogP contribution in [0.2, 0.25) is 0 Å². The Morgan fingerprint density at radius 1 is 0.820 bits per heavy atom. The molecule has 3 atom stereocenters. The lowest BCUT2D eigenvalue weighted by molar-refractivity contribution is -0.0944. The van der Waals surface area contributed by atoms with Gasteiger partial charge in [-0.05, 0) is 53.1 Å². The van der Waals surface area contributed by atoms with Crippen molar-refractivity contribution in [3.8, 4) is 28.4 Å². The number of aromatic amines is 1. The second-order valence-electron chi connectivity index (χ2n) is 11.8. The fourth-order valence-electron chi connectivity index (χ4n) is 6.29. The first kappa shape index (κ1) is 32.7. The molecule has 0 radical (unpaired) electrons. The Bertz CT molecular complexity index is 2120. The summed E-state index contributed by atoms with van der Waals surface area (Å²) < 4.78 is 26.9. The number of aliphatic hydroxyl groups excluding tert-OH is 1. The van der Waals surface area contributed by atoms with Crippen LogP contribution in [0.5, 0.6) is 11.5 Å². The monoisotopic (exact) mass is 673 g/mol. The molecule has 0 saturated carbocycles. The highest BCUT2D eigenvalue weighted by molar-refractivity contribution is 5.55. The van der Waals surface area contributed by atoms with E-state index < -0.39 is 35.3 Å². The summed E-state index contributed by atoms with van der Waals surface area (Å²) in [4.78, 5) is 28.4. The van der Waals surface area contributed by atoms with Crippen LogP contribution in [-0.4, -0.2) is 62.7 Å². The first-order chi connectivity index (χ1) is 24.4. The van der Waals surface area contributed by atoms with E-state index >= 15 is 0 Å². The van der Waals surface area contributed by atoms with E-state index in [9.17, 15) is 14.7 Å². The SMILES string of the molecule is COc1ccc(C(OC[C@H]2O[C@@H](n3cc(-c4cn(-c5ccccc5)nn4)c(=O)[nH]c3=O)C[C@@H]2O)(c2ccccc2)c2ccc(OC)cc2)cc1. The number of para-hydroxylation sites is 1. The average molecular weight is 674 g/mol. The number of aliphatic hydroxyl groups is 1. The standard InChI is InChI=1S/C38H35N5O7/c1-47-29-17-13-26(14-18-29)38(25-9-5-3-6-10-25,27-15-19-30(48-2)20-16-27)49-24-34-33(44)21-35(50-34)42-22-31(36(45)39-37(42)46)32-23-43(41-40-32)28-11-7-4-8-12-28/h3-20,22-23,33-35,44H,21,24H2,1-2H3,(H,39,45,46)/t33-,34+,35+/m0/s1. The van der Waals surface area contributed by atoms with E-state index in [1.54, 1.807) is 20.4 Å². The second kappa shape index (κ2) is 14.0. The lowest BCUT2D eigenvalue weighted by atomic mass is 9.80. The van der Waals surface area contributed by atoms with Crippen molar-refractivity contribution >= 4 is 0 Å². The van der Waals surface area contributed by atoms with Gasteiger partial charge in [-0.2, -0.15) is 0 Å². The average Bonchev–Trinajstić information content (AvgIpc) is 3.80. The van der Waals surface area contributed by atoms with E-state index in [1.807, 2.05) is 109 Å². The number of aromatic nitrogens is 5. The van der Waals surface area contributed by atoms with Crippen LogP contribution in [0.4, 0.5) is 0 Å². The molecule has 0 aliphatic carbocycles. The maximum absolute atomic E-state index is 13.1. The van der Waals surface area contributed by atoms with Crippen LogP contribution in [0.1, 0.15) is 29.3 Å². The zero-order chi connectivity index (χ0) is 34.7. The Labute approximate surface area is 287 Å². The third-order valence-corrected chi connectivity index (χ3v) is 8.91. The molecular formula is C38H35N5O7. The molecule has 0 spiro atoms. The molecule has 50 heavy (non-hydrogen) atoms. The summed E-state index contributed by atoms with van der Waals surface area (Å²) in [6.45, 7) is -0.0407. The third kappa shape index (κ3) is 6.23. The first-order valence-corrected chi connectivity index (χ1v) is 16.1. The Kier molecular flexibility index (Phi) is 9.13. The molecule has 4 aromatic carbocycles. The van der Waals surface area contributed by atoms with Crippen molar-refractivity contribution < 1.29 is 24.1 Å². The number of ether oxygens (including phenoxy) is 4. The molecule has 12 heteroatoms. The fourth-order valence-corrected chi connectivity index (χ4v) is 6.29. The van der Waals surface area contributed by atoms with Gasteiger partial charge in [0.1, 0.15) is 35.1 Å². The van der Waals surface area contributed by atoms with Gasteiger partial charge in [0.15, 0.2) is 0 Å². The highest BCUT2D eigenvalue weighted by Gasteiger charge is 2.42. The lowest BCUT2D eigenvalue weighted by Crippen LogP contribution is -2.38. The summed E-state index contributed by atoms with van der Waals surface area (Å²) in [6, 6.07) is 34.4. The number of hydrogen-bond acceptors (Lipinski definition) is 9. The molecular weight excluding hydrogens is 638 g/mol. The molecule has 1 saturated heterocycles. The van der Waals surface area contributed by atoms with Gasteiger partial charge in [-0.15, -0.1) is 5.10 Å². The minimum absolute atomic E-state index is 0.0407. The van der Waals surface area contributed by atoms with Gasteiger partial charge in [-0.3, -0.25) is 14.3 Å². The summed E-state index contributed by atoms with van der Waals surface area (Å²) in [7, 11) is 3.22. The van der Waals surface area contributed by atoms with E-state index in [2.05, 4.69) is 15.3 Å². The van der Waals surface area contributed by atoms with Gasteiger partial charge in [-0.1, -0.05) is 78.0 Å². The Morgan fingerprint density at radius 2 is 1.40 bits per heavy atom. The molecule has 0 unspecified atom stereocenters. The Balaban J connectivity index is 1.20. The number of rotatable bonds is 11. The van der Waals surface area contributed by atoms with Crippen LogP contribution in [0.25, 0.3) is 16.9 Å². The van der Waals surface area contributed by atoms with Crippen molar-refractivity contribution in [2.24, 2.45) is 0 Å². The molecule has 0 amide bonds. The van der Waals surface area contributed by atoms with Crippen molar-refractivity contribution in [3.05, 3.63) is 159 Å². The van der Waals surface area contributed by atoms with Crippen LogP contribution in [0.15, 0.2) is 131 Å². The summed E-state index contributed by atoms with van der Waals surface area (Å²) in [5, 5.41) is 19.6. The predicted molar refractivity (Wildman–Crippen MR) is 184 cm³/mol. The minimum atomic E-state index is -1.13. The molecule has 7 rings (SSSR count). The van der Waals surface area contributed by atoms with Gasteiger partial charge >= 0.3 is 5.69 Å². The summed E-state index contributed by atoms with van der Waals surface area (Å²) in [5.74, 6) is 1.38. The highest BCUT2D eigenvalue weighted by Crippen LogP contribution is 2.42. The predicted octanol–water partition coefficient (Wildman–Crippen LogP) is 4.46. The van der Waals surface area contributed by atoms with Gasteiger partial charge in [0.25, 0.3) is 5.56 Å². The lowest BCUT2D eigenvalue weighted by Gasteiger charge is -2.37. The number of nitrogens with zero attached hydrogens (tertiary/aromatic N) is 4. The van der Waals surface area contributed by atoms with Crippen LogP contribution in [-0.2, 0) is 15.1 Å². The van der Waals surface area contributed by atoms with E-state index in [1.165, 1.54) is 15.4 Å². The van der Waals surface area contributed by atoms with Gasteiger partial charge < -0.3 is 24.1 Å². The number of H-pyrrole nitrogens is 1. The van der Waals surface area contributed by atoms with Gasteiger partial charge in [-0.25, -0.2) is 9.48 Å². The smallest absolute Gasteiger partial charge is 0.330 e. The summed E-state index contributed by atoms with van der Waals surface area (Å²) in [6.07, 6.45) is 0.391. The molecule has 254 valence electrons. The van der Waals surface area contributed by atoms with Crippen LogP contribution < -0.4 is 20.7 Å². The largest absolute Gasteiger partial charge is 0.497 e. The maximum Gasteiger partial charge on any atom is 0.330 e. The van der Waals surface area contributed by atoms with Gasteiger partial charge in [0.05, 0.1) is 44.4 Å². The van der Waals surface area contributed by atoms with Crippen molar-refractivity contribution in [1.29, 1.82) is 0 Å². The van der Waals surface area contributed by atoms with Crippen molar-refractivity contribution in [2.45, 2.75) is 30.5 Å². The molecule has 2 N–H and O–H groups in total. The van der Waals surface area contributed by atoms with Crippen molar-refractivity contribution in [1.82, 2.24) is 24.5 Å². The molecule has 0 bridgehead atoms. The Hall–Kier alpha value is -5.82. The molecule has 1 aliphatic rings. The highest BCUT2D eigenvalue weighted by atomic mass is 16.6. The van der Waals surface area contributed by atoms with E-state index in [-0.39, 0.29) is 24.3 Å². The zero-order valence-corrected chi connectivity index (χ0v) is 27.4. The van der Waals surface area contributed by atoms with E-state index in [4.69, 9.17) is 18.9 Å². The summed E-state index contributed by atoms with van der Waals surface area (Å²) in [5.41, 5.74) is 1.24. The molecule has 12 nitrogen and oxygen atoms in total. The normalized spacial score (nSPS) is 17.5. The third-order valence-electron chi connectivity index (χ3n) is 8.91. The number of nitrogens with one attached hydrogen (secondary N) is 1. The van der Waals surface area contributed by atoms with Crippen LogP contribution in [0.3, 0.4) is 0 Å². The Morgan fingerprint density at radius 3 is 2.00 bits per heavy atom.